The summed E-state index contributed by atoms with van der Waals surface area (Å²) in [7, 11) is 0. The van der Waals surface area contributed by atoms with Crippen molar-refractivity contribution in [2.45, 2.75) is 19.1 Å². The van der Waals surface area contributed by atoms with Crippen molar-refractivity contribution in [3.63, 3.8) is 0 Å². The number of carbonyl (C=O) groups is 2. The lowest BCUT2D eigenvalue weighted by Crippen LogP contribution is -2.39. The Bertz CT molecular complexity index is 1540. The third-order valence-electron chi connectivity index (χ3n) is 6.92. The summed E-state index contributed by atoms with van der Waals surface area (Å²) in [5, 5.41) is 9.89. The lowest BCUT2D eigenvalue weighted by molar-refractivity contribution is -0.142. The standard InChI is InChI=1S/C30H26N2O6/c33-27(12-9-19-5-7-20(8-6-19)16-36-17-28(34)35)32-14-13-23-22-3-1-2-4-24(22)31-29(23)30(32)21-10-11-25-26(15-21)38-18-37-25/h1-12,15,30-31H,13-14,16-18H2,(H,34,35). The van der Waals surface area contributed by atoms with E-state index in [9.17, 15) is 9.59 Å². The predicted molar refractivity (Wildman–Crippen MR) is 141 cm³/mol. The van der Waals surface area contributed by atoms with Gasteiger partial charge in [-0.2, -0.15) is 0 Å². The molecule has 8 nitrogen and oxygen atoms in total. The van der Waals surface area contributed by atoms with Crippen molar-refractivity contribution >= 4 is 28.9 Å². The molecule has 0 aliphatic carbocycles. The number of para-hydroxylation sites is 1. The quantitative estimate of drug-likeness (QED) is 0.350. The highest BCUT2D eigenvalue weighted by Crippen LogP contribution is 2.42. The van der Waals surface area contributed by atoms with Crippen LogP contribution in [0.4, 0.5) is 0 Å². The molecule has 3 heterocycles. The predicted octanol–water partition coefficient (Wildman–Crippen LogP) is 4.69. The molecule has 4 aromatic rings. The number of carboxylic acid groups (broad SMARTS) is 1. The molecule has 1 atom stereocenters. The van der Waals surface area contributed by atoms with E-state index >= 15 is 0 Å². The minimum atomic E-state index is -1.00. The van der Waals surface area contributed by atoms with E-state index in [1.54, 1.807) is 12.2 Å². The summed E-state index contributed by atoms with van der Waals surface area (Å²) < 4.78 is 16.3. The van der Waals surface area contributed by atoms with Gasteiger partial charge in [0.15, 0.2) is 11.5 Å². The summed E-state index contributed by atoms with van der Waals surface area (Å²) in [6.45, 7) is 0.648. The minimum absolute atomic E-state index is 0.0918. The fraction of sp³-hybridized carbons (Fsp3) is 0.200. The molecule has 1 amide bonds. The highest BCUT2D eigenvalue weighted by atomic mass is 16.7. The van der Waals surface area contributed by atoms with Gasteiger partial charge in [-0.3, -0.25) is 4.79 Å². The summed E-state index contributed by atoms with van der Waals surface area (Å²) in [6.07, 6.45) is 4.15. The van der Waals surface area contributed by atoms with Gasteiger partial charge in [-0.1, -0.05) is 48.5 Å². The van der Waals surface area contributed by atoms with E-state index in [0.29, 0.717) is 18.0 Å². The Morgan fingerprint density at radius 1 is 1.05 bits per heavy atom. The highest BCUT2D eigenvalue weighted by Gasteiger charge is 2.34. The van der Waals surface area contributed by atoms with Gasteiger partial charge in [0.05, 0.1) is 12.6 Å². The number of nitrogens with zero attached hydrogens (tertiary/aromatic N) is 1. The monoisotopic (exact) mass is 510 g/mol. The second kappa shape index (κ2) is 10.1. The Labute approximate surface area is 219 Å². The lowest BCUT2D eigenvalue weighted by Gasteiger charge is -2.35. The fourth-order valence-electron chi connectivity index (χ4n) is 5.15. The number of H-pyrrole nitrogens is 1. The van der Waals surface area contributed by atoms with Crippen molar-refractivity contribution in [2.24, 2.45) is 0 Å². The Morgan fingerprint density at radius 2 is 1.87 bits per heavy atom. The zero-order valence-corrected chi connectivity index (χ0v) is 20.6. The van der Waals surface area contributed by atoms with E-state index in [2.05, 4.69) is 17.1 Å². The molecule has 0 radical (unpaired) electrons. The average Bonchev–Trinajstić information content (AvgIpc) is 3.55. The van der Waals surface area contributed by atoms with Crippen LogP contribution in [0.3, 0.4) is 0 Å². The van der Waals surface area contributed by atoms with Crippen LogP contribution in [0.2, 0.25) is 0 Å². The number of aliphatic carboxylic acids is 1. The summed E-state index contributed by atoms with van der Waals surface area (Å²) in [5.74, 6) is 0.294. The van der Waals surface area contributed by atoms with Gasteiger partial charge in [0, 0.05) is 29.2 Å². The largest absolute Gasteiger partial charge is 0.480 e. The van der Waals surface area contributed by atoms with Crippen LogP contribution >= 0.6 is 0 Å². The molecule has 1 aromatic heterocycles. The van der Waals surface area contributed by atoms with Gasteiger partial charge in [0.1, 0.15) is 6.61 Å². The van der Waals surface area contributed by atoms with Crippen LogP contribution in [-0.4, -0.2) is 46.8 Å². The number of aromatic nitrogens is 1. The van der Waals surface area contributed by atoms with E-state index in [0.717, 1.165) is 34.3 Å². The number of ether oxygens (including phenoxy) is 3. The number of carboxylic acids is 1. The van der Waals surface area contributed by atoms with Crippen molar-refractivity contribution in [1.29, 1.82) is 0 Å². The molecule has 0 saturated heterocycles. The molecule has 2 aliphatic heterocycles. The first kappa shape index (κ1) is 23.8. The molecule has 192 valence electrons. The SMILES string of the molecule is O=C(O)COCc1ccc(C=CC(=O)N2CCc3c([nH]c4ccccc34)C2c2ccc3c(c2)OCO3)cc1. The molecular weight excluding hydrogens is 484 g/mol. The zero-order valence-electron chi connectivity index (χ0n) is 20.6. The number of aromatic amines is 1. The van der Waals surface area contributed by atoms with Crippen molar-refractivity contribution < 1.29 is 28.9 Å². The van der Waals surface area contributed by atoms with Crippen LogP contribution in [0.15, 0.2) is 72.8 Å². The van der Waals surface area contributed by atoms with Crippen LogP contribution in [0.5, 0.6) is 11.5 Å². The normalized spacial score (nSPS) is 16.2. The van der Waals surface area contributed by atoms with E-state index in [4.69, 9.17) is 19.3 Å². The molecule has 0 bridgehead atoms. The Kier molecular flexibility index (Phi) is 6.31. The van der Waals surface area contributed by atoms with Crippen LogP contribution in [-0.2, 0) is 27.4 Å². The highest BCUT2D eigenvalue weighted by molar-refractivity contribution is 5.93. The Balaban J connectivity index is 1.27. The first-order valence-electron chi connectivity index (χ1n) is 12.4. The molecule has 0 saturated carbocycles. The van der Waals surface area contributed by atoms with Crippen molar-refractivity contribution in [3.05, 3.63) is 101 Å². The van der Waals surface area contributed by atoms with Crippen LogP contribution < -0.4 is 9.47 Å². The summed E-state index contributed by atoms with van der Waals surface area (Å²) in [6, 6.07) is 21.3. The Morgan fingerprint density at radius 3 is 2.71 bits per heavy atom. The Hall–Kier alpha value is -4.56. The summed E-state index contributed by atoms with van der Waals surface area (Å²) in [5.41, 5.74) is 5.98. The molecule has 3 aromatic carbocycles. The number of hydrogen-bond acceptors (Lipinski definition) is 5. The fourth-order valence-corrected chi connectivity index (χ4v) is 5.15. The maximum atomic E-state index is 13.6. The number of carbonyl (C=O) groups excluding carboxylic acids is 1. The molecule has 38 heavy (non-hydrogen) atoms. The number of nitrogens with one attached hydrogen (secondary N) is 1. The van der Waals surface area contributed by atoms with Crippen LogP contribution in [0.25, 0.3) is 17.0 Å². The van der Waals surface area contributed by atoms with E-state index < -0.39 is 5.97 Å². The number of benzene rings is 3. The number of hydrogen-bond donors (Lipinski definition) is 2. The van der Waals surface area contributed by atoms with Gasteiger partial charge < -0.3 is 29.2 Å². The van der Waals surface area contributed by atoms with Crippen molar-refractivity contribution in [3.8, 4) is 11.5 Å². The third kappa shape index (κ3) is 4.62. The van der Waals surface area contributed by atoms with Gasteiger partial charge >= 0.3 is 5.97 Å². The van der Waals surface area contributed by atoms with Crippen LogP contribution in [0.1, 0.15) is 34.0 Å². The molecule has 2 N–H and O–H groups in total. The van der Waals surface area contributed by atoms with E-state index in [1.807, 2.05) is 59.5 Å². The number of rotatable bonds is 7. The van der Waals surface area contributed by atoms with Gasteiger partial charge in [0.25, 0.3) is 0 Å². The maximum Gasteiger partial charge on any atom is 0.329 e. The summed E-state index contributed by atoms with van der Waals surface area (Å²) >= 11 is 0. The molecule has 2 aliphatic rings. The molecule has 8 heteroatoms. The lowest BCUT2D eigenvalue weighted by atomic mass is 9.92. The molecule has 0 fully saturated rings. The van der Waals surface area contributed by atoms with Crippen molar-refractivity contribution in [2.75, 3.05) is 19.9 Å². The van der Waals surface area contributed by atoms with E-state index in [1.165, 1.54) is 10.9 Å². The van der Waals surface area contributed by atoms with Gasteiger partial charge in [-0.15, -0.1) is 0 Å². The van der Waals surface area contributed by atoms with Gasteiger partial charge in [-0.25, -0.2) is 4.79 Å². The van der Waals surface area contributed by atoms with Gasteiger partial charge in [-0.05, 0) is 52.9 Å². The first-order valence-corrected chi connectivity index (χ1v) is 12.4. The first-order chi connectivity index (χ1) is 18.6. The zero-order chi connectivity index (χ0) is 26.1. The third-order valence-corrected chi connectivity index (χ3v) is 6.92. The summed E-state index contributed by atoms with van der Waals surface area (Å²) in [4.78, 5) is 29.7. The van der Waals surface area contributed by atoms with E-state index in [-0.39, 0.29) is 32.0 Å². The topological polar surface area (TPSA) is 101 Å². The number of fused-ring (bicyclic) bond motifs is 4. The van der Waals surface area contributed by atoms with Crippen LogP contribution in [0, 0.1) is 0 Å². The molecular formula is C30H26N2O6. The van der Waals surface area contributed by atoms with Gasteiger partial charge in [0.2, 0.25) is 12.7 Å². The average molecular weight is 511 g/mol. The second-order valence-electron chi connectivity index (χ2n) is 9.32. The number of amides is 1. The smallest absolute Gasteiger partial charge is 0.329 e. The molecule has 0 spiro atoms. The maximum absolute atomic E-state index is 13.6. The minimum Gasteiger partial charge on any atom is -0.480 e. The second-order valence-corrected chi connectivity index (χ2v) is 9.32. The molecule has 6 rings (SSSR count). The van der Waals surface area contributed by atoms with Crippen molar-refractivity contribution in [1.82, 2.24) is 9.88 Å². The molecule has 1 unspecified atom stereocenters.